The molecule has 1 radical (unpaired) electrons. The van der Waals surface area contributed by atoms with Gasteiger partial charge in [0.2, 0.25) is 0 Å². The van der Waals surface area contributed by atoms with Crippen LogP contribution in [0, 0.1) is 5.92 Å². The van der Waals surface area contributed by atoms with E-state index in [1.165, 1.54) is 5.92 Å². The fraction of sp³-hybridized carbons (Fsp3) is 0. The van der Waals surface area contributed by atoms with Gasteiger partial charge in [0.15, 0.2) is 0 Å². The Bertz CT molecular complexity index is 64.1. The van der Waals surface area contributed by atoms with Gasteiger partial charge in [-0.15, -0.1) is 6.58 Å². The molecule has 0 amide bonds. The van der Waals surface area contributed by atoms with E-state index in [1.54, 1.807) is 0 Å². The van der Waals surface area contributed by atoms with Gasteiger partial charge in [0, 0.05) is 5.92 Å². The summed E-state index contributed by atoms with van der Waals surface area (Å²) in [6.45, 7) is 3.52. The first kappa shape index (κ1) is 2.70. The molecule has 0 fully saturated rings. The van der Waals surface area contributed by atoms with Crippen molar-refractivity contribution in [1.29, 1.82) is 0 Å². The van der Waals surface area contributed by atoms with Crippen molar-refractivity contribution in [2.75, 3.05) is 0 Å². The fourth-order valence-electron chi connectivity index (χ4n) is 0.184. The standard InChI is InChI=1S/C5H5/c1-2-5-3-4-5/h2-4H,1H2. The van der Waals surface area contributed by atoms with Gasteiger partial charge in [0.05, 0.1) is 0 Å². The van der Waals surface area contributed by atoms with Crippen LogP contribution in [0.3, 0.4) is 0 Å². The molecule has 5 heavy (non-hydrogen) atoms. The van der Waals surface area contributed by atoms with Crippen LogP contribution >= 0.6 is 0 Å². The predicted octanol–water partition coefficient (Wildman–Crippen LogP) is 1.32. The molecule has 1 aliphatic rings. The van der Waals surface area contributed by atoms with Crippen LogP contribution in [0.1, 0.15) is 0 Å². The molecule has 0 N–H and O–H groups in total. The van der Waals surface area contributed by atoms with Crippen molar-refractivity contribution in [3.05, 3.63) is 30.7 Å². The van der Waals surface area contributed by atoms with Crippen LogP contribution in [-0.4, -0.2) is 0 Å². The molecule has 0 aromatic heterocycles. The van der Waals surface area contributed by atoms with E-state index < -0.39 is 0 Å². The van der Waals surface area contributed by atoms with Crippen molar-refractivity contribution in [2.45, 2.75) is 0 Å². The van der Waals surface area contributed by atoms with Crippen LogP contribution in [0.25, 0.3) is 0 Å². The zero-order valence-electron chi connectivity index (χ0n) is 2.94. The van der Waals surface area contributed by atoms with Crippen molar-refractivity contribution in [1.82, 2.24) is 0 Å². The molecule has 0 heterocycles. The smallest absolute Gasteiger partial charge is 0.0401 e. The molecule has 25 valence electrons. The van der Waals surface area contributed by atoms with Gasteiger partial charge in [-0.25, -0.2) is 0 Å². The van der Waals surface area contributed by atoms with E-state index >= 15 is 0 Å². The average Bonchev–Trinajstić information content (AvgIpc) is 2.12. The molecular weight excluding hydrogens is 60.1 g/mol. The summed E-state index contributed by atoms with van der Waals surface area (Å²) in [6, 6.07) is 0. The van der Waals surface area contributed by atoms with Crippen molar-refractivity contribution < 1.29 is 0 Å². The summed E-state index contributed by atoms with van der Waals surface area (Å²) in [4.78, 5) is 0. The molecule has 0 nitrogen and oxygen atoms in total. The summed E-state index contributed by atoms with van der Waals surface area (Å²) >= 11 is 0. The fourth-order valence-corrected chi connectivity index (χ4v) is 0.184. The Labute approximate surface area is 31.8 Å². The van der Waals surface area contributed by atoms with Gasteiger partial charge < -0.3 is 0 Å². The quantitative estimate of drug-likeness (QED) is 0.432. The zero-order valence-corrected chi connectivity index (χ0v) is 2.94. The molecule has 0 spiro atoms. The van der Waals surface area contributed by atoms with Crippen LogP contribution in [-0.2, 0) is 0 Å². The highest BCUT2D eigenvalue weighted by Gasteiger charge is 2.02. The van der Waals surface area contributed by atoms with Crippen LogP contribution in [0.2, 0.25) is 0 Å². The van der Waals surface area contributed by atoms with Crippen molar-refractivity contribution in [3.8, 4) is 0 Å². The van der Waals surface area contributed by atoms with E-state index in [1.807, 2.05) is 18.2 Å². The SMILES string of the molecule is C=C[C]1C=C1. The van der Waals surface area contributed by atoms with Crippen LogP contribution < -0.4 is 0 Å². The van der Waals surface area contributed by atoms with Gasteiger partial charge in [-0.05, 0) is 0 Å². The van der Waals surface area contributed by atoms with Gasteiger partial charge in [0.25, 0.3) is 0 Å². The molecule has 0 heteroatoms. The average molecular weight is 65.1 g/mol. The van der Waals surface area contributed by atoms with Gasteiger partial charge in [-0.2, -0.15) is 0 Å². The van der Waals surface area contributed by atoms with E-state index in [-0.39, 0.29) is 0 Å². The van der Waals surface area contributed by atoms with Crippen molar-refractivity contribution >= 4 is 0 Å². The van der Waals surface area contributed by atoms with Gasteiger partial charge in [-0.3, -0.25) is 0 Å². The summed E-state index contributed by atoms with van der Waals surface area (Å²) in [7, 11) is 0. The summed E-state index contributed by atoms with van der Waals surface area (Å²) in [5.74, 6) is 1.27. The Hall–Kier alpha value is -0.520. The molecule has 0 aliphatic heterocycles. The monoisotopic (exact) mass is 65.0 g/mol. The summed E-state index contributed by atoms with van der Waals surface area (Å²) in [6.07, 6.45) is 5.88. The van der Waals surface area contributed by atoms with Gasteiger partial charge in [-0.1, -0.05) is 18.2 Å². The number of hydrogen-bond donors (Lipinski definition) is 0. The molecule has 0 saturated heterocycles. The highest BCUT2D eigenvalue weighted by Crippen LogP contribution is 2.17. The summed E-state index contributed by atoms with van der Waals surface area (Å²) in [5.41, 5.74) is 0. The van der Waals surface area contributed by atoms with E-state index in [0.29, 0.717) is 0 Å². The Kier molecular flexibility index (Phi) is 0.385. The second kappa shape index (κ2) is 0.713. The number of hydrogen-bond acceptors (Lipinski definition) is 0. The first-order chi connectivity index (χ1) is 2.43. The van der Waals surface area contributed by atoms with Gasteiger partial charge in [0.1, 0.15) is 0 Å². The highest BCUT2D eigenvalue weighted by molar-refractivity contribution is 5.46. The van der Waals surface area contributed by atoms with Crippen LogP contribution in [0.4, 0.5) is 0 Å². The minimum absolute atomic E-state index is 1.27. The topological polar surface area (TPSA) is 0 Å². The van der Waals surface area contributed by atoms with E-state index in [2.05, 4.69) is 6.58 Å². The van der Waals surface area contributed by atoms with Crippen LogP contribution in [0.15, 0.2) is 24.8 Å². The lowest BCUT2D eigenvalue weighted by Crippen LogP contribution is -1.50. The minimum Gasteiger partial charge on any atom is -0.102 e. The van der Waals surface area contributed by atoms with Gasteiger partial charge >= 0.3 is 0 Å². The Balaban J connectivity index is 2.28. The molecule has 0 bridgehead atoms. The molecule has 0 saturated carbocycles. The second-order valence-corrected chi connectivity index (χ2v) is 1.04. The largest absolute Gasteiger partial charge is 0.102 e. The van der Waals surface area contributed by atoms with Crippen molar-refractivity contribution in [2.24, 2.45) is 0 Å². The number of rotatable bonds is 1. The highest BCUT2D eigenvalue weighted by atomic mass is 14.1. The second-order valence-electron chi connectivity index (χ2n) is 1.04. The maximum atomic E-state index is 3.52. The maximum Gasteiger partial charge on any atom is 0.0401 e. The van der Waals surface area contributed by atoms with E-state index in [9.17, 15) is 0 Å². The lowest BCUT2D eigenvalue weighted by molar-refractivity contribution is 1.75. The molecule has 1 aliphatic carbocycles. The molecule has 1 rings (SSSR count). The Morgan fingerprint density at radius 1 is 1.60 bits per heavy atom. The Morgan fingerprint density at radius 2 is 2.20 bits per heavy atom. The summed E-state index contributed by atoms with van der Waals surface area (Å²) < 4.78 is 0. The Morgan fingerprint density at radius 3 is 2.20 bits per heavy atom. The zero-order chi connectivity index (χ0) is 3.70. The molecule has 0 aromatic rings. The van der Waals surface area contributed by atoms with E-state index in [0.717, 1.165) is 0 Å². The van der Waals surface area contributed by atoms with Crippen molar-refractivity contribution in [3.63, 3.8) is 0 Å². The number of allylic oxidation sites excluding steroid dienone is 3. The molecule has 0 atom stereocenters. The molecular formula is C5H5. The summed E-state index contributed by atoms with van der Waals surface area (Å²) in [5, 5.41) is 0. The maximum absolute atomic E-state index is 3.52. The third-order valence-corrected chi connectivity index (χ3v) is 0.595. The lowest BCUT2D eigenvalue weighted by Gasteiger charge is -1.64. The third kappa shape index (κ3) is 0.380. The molecule has 0 aromatic carbocycles. The minimum atomic E-state index is 1.27. The predicted molar refractivity (Wildman–Crippen MR) is 22.6 cm³/mol. The normalized spacial score (nSPS) is 19.2. The first-order valence-corrected chi connectivity index (χ1v) is 1.61. The molecule has 0 unspecified atom stereocenters. The lowest BCUT2D eigenvalue weighted by atomic mass is 10.4. The van der Waals surface area contributed by atoms with E-state index in [4.69, 9.17) is 0 Å². The third-order valence-electron chi connectivity index (χ3n) is 0.595. The van der Waals surface area contributed by atoms with Crippen LogP contribution in [0.5, 0.6) is 0 Å². The first-order valence-electron chi connectivity index (χ1n) is 1.61.